The van der Waals surface area contributed by atoms with Gasteiger partial charge in [-0.15, -0.1) is 0 Å². The molecule has 18 heavy (non-hydrogen) atoms. The van der Waals surface area contributed by atoms with E-state index in [1.165, 1.54) is 0 Å². The highest BCUT2D eigenvalue weighted by Crippen LogP contribution is 2.19. The molecule has 5 nitrogen and oxygen atoms in total. The summed E-state index contributed by atoms with van der Waals surface area (Å²) in [5.74, 6) is 0.310. The quantitative estimate of drug-likeness (QED) is 0.712. The van der Waals surface area contributed by atoms with Gasteiger partial charge in [-0.25, -0.2) is 4.98 Å². The van der Waals surface area contributed by atoms with Crippen LogP contribution in [0.4, 0.5) is 0 Å². The van der Waals surface area contributed by atoms with E-state index in [0.29, 0.717) is 5.56 Å². The molecule has 3 N–H and O–H groups in total. The summed E-state index contributed by atoms with van der Waals surface area (Å²) in [5.41, 5.74) is 8.32. The summed E-state index contributed by atoms with van der Waals surface area (Å²) in [6.07, 6.45) is 3.41. The second-order valence-electron chi connectivity index (χ2n) is 3.92. The molecule has 1 amide bonds. The lowest BCUT2D eigenvalue weighted by Gasteiger charge is -1.98. The van der Waals surface area contributed by atoms with E-state index in [1.54, 1.807) is 24.5 Å². The number of H-pyrrole nitrogens is 1. The van der Waals surface area contributed by atoms with Gasteiger partial charge in [-0.05, 0) is 18.2 Å². The minimum absolute atomic E-state index is 0.435. The molecule has 0 saturated carbocycles. The van der Waals surface area contributed by atoms with Crippen LogP contribution in [0.25, 0.3) is 22.4 Å². The molecule has 3 rings (SSSR count). The van der Waals surface area contributed by atoms with Gasteiger partial charge in [0.05, 0.1) is 11.7 Å². The van der Waals surface area contributed by atoms with Crippen LogP contribution in [-0.2, 0) is 0 Å². The SMILES string of the molecule is NC(=O)c1ccc(-c2nc3cnccc3[nH]2)cc1. The molecular weight excluding hydrogens is 228 g/mol. The number of benzene rings is 1. The van der Waals surface area contributed by atoms with Gasteiger partial charge in [0.15, 0.2) is 0 Å². The van der Waals surface area contributed by atoms with Crippen molar-refractivity contribution in [3.63, 3.8) is 0 Å². The topological polar surface area (TPSA) is 84.7 Å². The summed E-state index contributed by atoms with van der Waals surface area (Å²) in [4.78, 5) is 22.6. The number of aromatic amines is 1. The smallest absolute Gasteiger partial charge is 0.248 e. The monoisotopic (exact) mass is 238 g/mol. The molecular formula is C13H10N4O. The van der Waals surface area contributed by atoms with Crippen molar-refractivity contribution < 1.29 is 4.79 Å². The molecule has 88 valence electrons. The Morgan fingerprint density at radius 3 is 2.61 bits per heavy atom. The van der Waals surface area contributed by atoms with Crippen molar-refractivity contribution in [2.24, 2.45) is 5.73 Å². The number of carbonyl (C=O) groups is 1. The van der Waals surface area contributed by atoms with Crippen LogP contribution < -0.4 is 5.73 Å². The fourth-order valence-corrected chi connectivity index (χ4v) is 1.79. The van der Waals surface area contributed by atoms with Crippen molar-refractivity contribution in [3.8, 4) is 11.4 Å². The molecule has 0 bridgehead atoms. The first-order valence-electron chi connectivity index (χ1n) is 5.44. The van der Waals surface area contributed by atoms with Crippen LogP contribution in [0.2, 0.25) is 0 Å². The maximum atomic E-state index is 11.0. The number of nitrogens with two attached hydrogens (primary N) is 1. The number of nitrogens with one attached hydrogen (secondary N) is 1. The fourth-order valence-electron chi connectivity index (χ4n) is 1.79. The van der Waals surface area contributed by atoms with Crippen molar-refractivity contribution in [1.82, 2.24) is 15.0 Å². The number of primary amides is 1. The maximum absolute atomic E-state index is 11.0. The number of aromatic nitrogens is 3. The average molecular weight is 238 g/mol. The van der Waals surface area contributed by atoms with Crippen LogP contribution in [0.15, 0.2) is 42.7 Å². The van der Waals surface area contributed by atoms with E-state index in [1.807, 2.05) is 18.2 Å². The van der Waals surface area contributed by atoms with Gasteiger partial charge < -0.3 is 10.7 Å². The summed E-state index contributed by atoms with van der Waals surface area (Å²) < 4.78 is 0. The zero-order valence-corrected chi connectivity index (χ0v) is 9.42. The molecule has 0 aliphatic rings. The molecule has 0 radical (unpaired) electrons. The molecule has 2 aromatic heterocycles. The Bertz CT molecular complexity index is 682. The van der Waals surface area contributed by atoms with Gasteiger partial charge >= 0.3 is 0 Å². The van der Waals surface area contributed by atoms with E-state index in [9.17, 15) is 4.79 Å². The molecule has 3 aromatic rings. The zero-order chi connectivity index (χ0) is 12.5. The predicted octanol–water partition coefficient (Wildman–Crippen LogP) is 1.72. The van der Waals surface area contributed by atoms with Crippen molar-refractivity contribution in [1.29, 1.82) is 0 Å². The summed E-state index contributed by atoms with van der Waals surface area (Å²) in [6.45, 7) is 0. The third-order valence-corrected chi connectivity index (χ3v) is 2.73. The van der Waals surface area contributed by atoms with Crippen LogP contribution in [0.5, 0.6) is 0 Å². The number of hydrogen-bond acceptors (Lipinski definition) is 3. The summed E-state index contributed by atoms with van der Waals surface area (Å²) >= 11 is 0. The Morgan fingerprint density at radius 2 is 1.94 bits per heavy atom. The molecule has 0 saturated heterocycles. The molecule has 2 heterocycles. The molecule has 5 heteroatoms. The molecule has 0 fully saturated rings. The van der Waals surface area contributed by atoms with Gasteiger partial charge in [-0.1, -0.05) is 12.1 Å². The van der Waals surface area contributed by atoms with E-state index >= 15 is 0 Å². The fraction of sp³-hybridized carbons (Fsp3) is 0. The number of imidazole rings is 1. The third kappa shape index (κ3) is 1.71. The minimum atomic E-state index is -0.435. The Hall–Kier alpha value is -2.69. The molecule has 0 spiro atoms. The van der Waals surface area contributed by atoms with E-state index < -0.39 is 5.91 Å². The second-order valence-corrected chi connectivity index (χ2v) is 3.92. The van der Waals surface area contributed by atoms with Crippen molar-refractivity contribution in [3.05, 3.63) is 48.3 Å². The van der Waals surface area contributed by atoms with Gasteiger partial charge in [0.1, 0.15) is 11.3 Å². The maximum Gasteiger partial charge on any atom is 0.248 e. The Kier molecular flexibility index (Phi) is 2.30. The summed E-state index contributed by atoms with van der Waals surface area (Å²) in [6, 6.07) is 8.85. The van der Waals surface area contributed by atoms with Gasteiger partial charge in [0.25, 0.3) is 0 Å². The number of amides is 1. The largest absolute Gasteiger partial charge is 0.366 e. The third-order valence-electron chi connectivity index (χ3n) is 2.73. The minimum Gasteiger partial charge on any atom is -0.366 e. The molecule has 0 unspecified atom stereocenters. The first-order chi connectivity index (χ1) is 8.74. The van der Waals surface area contributed by atoms with Crippen LogP contribution in [0.3, 0.4) is 0 Å². The zero-order valence-electron chi connectivity index (χ0n) is 9.42. The van der Waals surface area contributed by atoms with Gasteiger partial charge in [0, 0.05) is 17.3 Å². The normalized spacial score (nSPS) is 10.7. The summed E-state index contributed by atoms with van der Waals surface area (Å²) in [7, 11) is 0. The van der Waals surface area contributed by atoms with Crippen LogP contribution in [0.1, 0.15) is 10.4 Å². The van der Waals surface area contributed by atoms with Gasteiger partial charge in [0.2, 0.25) is 5.91 Å². The average Bonchev–Trinajstić information content (AvgIpc) is 2.82. The standard InChI is InChI=1S/C13H10N4O/c14-12(18)8-1-3-9(4-2-8)13-16-10-5-6-15-7-11(10)17-13/h1-7H,(H2,14,18)(H,16,17). The number of rotatable bonds is 2. The number of pyridine rings is 1. The lowest BCUT2D eigenvalue weighted by atomic mass is 10.1. The highest BCUT2D eigenvalue weighted by Gasteiger charge is 2.06. The van der Waals surface area contributed by atoms with Crippen molar-refractivity contribution in [2.45, 2.75) is 0 Å². The first-order valence-corrected chi connectivity index (χ1v) is 5.44. The Labute approximate surface area is 103 Å². The van der Waals surface area contributed by atoms with E-state index in [0.717, 1.165) is 22.4 Å². The molecule has 0 aliphatic heterocycles. The number of hydrogen-bond donors (Lipinski definition) is 2. The predicted molar refractivity (Wildman–Crippen MR) is 67.8 cm³/mol. The summed E-state index contributed by atoms with van der Waals surface area (Å²) in [5, 5.41) is 0. The number of fused-ring (bicyclic) bond motifs is 1. The van der Waals surface area contributed by atoms with E-state index in [2.05, 4.69) is 15.0 Å². The number of carbonyl (C=O) groups excluding carboxylic acids is 1. The van der Waals surface area contributed by atoms with Crippen LogP contribution >= 0.6 is 0 Å². The Morgan fingerprint density at radius 1 is 1.17 bits per heavy atom. The van der Waals surface area contributed by atoms with E-state index in [4.69, 9.17) is 5.73 Å². The van der Waals surface area contributed by atoms with Crippen LogP contribution in [-0.4, -0.2) is 20.9 Å². The number of nitrogens with zero attached hydrogens (tertiary/aromatic N) is 2. The van der Waals surface area contributed by atoms with Crippen LogP contribution in [0, 0.1) is 0 Å². The molecule has 1 aromatic carbocycles. The highest BCUT2D eigenvalue weighted by molar-refractivity contribution is 5.93. The molecule has 0 atom stereocenters. The lowest BCUT2D eigenvalue weighted by Crippen LogP contribution is -2.10. The van der Waals surface area contributed by atoms with E-state index in [-0.39, 0.29) is 0 Å². The van der Waals surface area contributed by atoms with Crippen molar-refractivity contribution in [2.75, 3.05) is 0 Å². The highest BCUT2D eigenvalue weighted by atomic mass is 16.1. The van der Waals surface area contributed by atoms with Gasteiger partial charge in [-0.3, -0.25) is 9.78 Å². The second kappa shape index (κ2) is 3.96. The Balaban J connectivity index is 2.06. The molecule has 0 aliphatic carbocycles. The lowest BCUT2D eigenvalue weighted by molar-refractivity contribution is 0.100. The van der Waals surface area contributed by atoms with Crippen molar-refractivity contribution >= 4 is 16.9 Å². The first kappa shape index (κ1) is 10.5. The van der Waals surface area contributed by atoms with Gasteiger partial charge in [-0.2, -0.15) is 0 Å².